The van der Waals surface area contributed by atoms with Crippen LogP contribution < -0.4 is 5.73 Å². The van der Waals surface area contributed by atoms with Crippen LogP contribution in [-0.2, 0) is 9.59 Å². The standard InChI is InChI=1S/C7H13NO2/c1-7(2,3)4-5(9)6(8)10/h4H2,1-3H3,(H2,8,10). The third kappa shape index (κ3) is 4.06. The van der Waals surface area contributed by atoms with Crippen LogP contribution in [-0.4, -0.2) is 11.7 Å². The summed E-state index contributed by atoms with van der Waals surface area (Å²) in [5, 5.41) is 0. The van der Waals surface area contributed by atoms with Gasteiger partial charge in [0, 0.05) is 6.42 Å². The van der Waals surface area contributed by atoms with Gasteiger partial charge < -0.3 is 5.73 Å². The van der Waals surface area contributed by atoms with Gasteiger partial charge in [-0.3, -0.25) is 9.59 Å². The first-order valence-corrected chi connectivity index (χ1v) is 3.15. The summed E-state index contributed by atoms with van der Waals surface area (Å²) in [6.07, 6.45) is 0.225. The monoisotopic (exact) mass is 143 g/mol. The second kappa shape index (κ2) is 2.82. The van der Waals surface area contributed by atoms with E-state index in [1.165, 1.54) is 0 Å². The maximum Gasteiger partial charge on any atom is 0.284 e. The number of nitrogens with two attached hydrogens (primary N) is 1. The second-order valence-electron chi connectivity index (χ2n) is 3.52. The Labute approximate surface area is 60.6 Å². The van der Waals surface area contributed by atoms with E-state index >= 15 is 0 Å². The molecule has 1 amide bonds. The zero-order chi connectivity index (χ0) is 8.36. The molecule has 0 saturated heterocycles. The predicted octanol–water partition coefficient (Wildman–Crippen LogP) is 0.477. The number of carbonyl (C=O) groups excluding carboxylic acids is 2. The lowest BCUT2D eigenvalue weighted by Crippen LogP contribution is -2.27. The fraction of sp³-hybridized carbons (Fsp3) is 0.714. The molecule has 0 heterocycles. The van der Waals surface area contributed by atoms with E-state index in [1.807, 2.05) is 20.8 Å². The molecule has 0 aromatic rings. The first kappa shape index (κ1) is 9.14. The summed E-state index contributed by atoms with van der Waals surface area (Å²) in [6, 6.07) is 0. The van der Waals surface area contributed by atoms with E-state index in [0.717, 1.165) is 0 Å². The number of carbonyl (C=O) groups is 2. The Kier molecular flexibility index (Phi) is 2.57. The highest BCUT2D eigenvalue weighted by Gasteiger charge is 2.19. The third-order valence-corrected chi connectivity index (χ3v) is 0.966. The van der Waals surface area contributed by atoms with Gasteiger partial charge >= 0.3 is 0 Å². The van der Waals surface area contributed by atoms with Crippen LogP contribution in [0, 0.1) is 5.41 Å². The van der Waals surface area contributed by atoms with Crippen molar-refractivity contribution in [2.45, 2.75) is 27.2 Å². The van der Waals surface area contributed by atoms with E-state index in [1.54, 1.807) is 0 Å². The number of rotatable bonds is 2. The lowest BCUT2D eigenvalue weighted by Gasteiger charge is -2.14. The van der Waals surface area contributed by atoms with Crippen LogP contribution >= 0.6 is 0 Å². The maximum absolute atomic E-state index is 10.7. The molecule has 0 aliphatic heterocycles. The fourth-order valence-corrected chi connectivity index (χ4v) is 0.569. The molecule has 0 radical (unpaired) electrons. The van der Waals surface area contributed by atoms with E-state index in [-0.39, 0.29) is 11.8 Å². The minimum Gasteiger partial charge on any atom is -0.363 e. The van der Waals surface area contributed by atoms with E-state index in [2.05, 4.69) is 0 Å². The topological polar surface area (TPSA) is 60.2 Å². The first-order valence-electron chi connectivity index (χ1n) is 3.15. The number of Topliss-reactive ketones (excluding diaryl/α,β-unsaturated/α-hetero) is 1. The lowest BCUT2D eigenvalue weighted by atomic mass is 9.90. The fourth-order valence-electron chi connectivity index (χ4n) is 0.569. The Hall–Kier alpha value is -0.860. The van der Waals surface area contributed by atoms with Crippen molar-refractivity contribution in [1.82, 2.24) is 0 Å². The molecule has 0 aromatic carbocycles. The van der Waals surface area contributed by atoms with Crippen molar-refractivity contribution >= 4 is 11.7 Å². The summed E-state index contributed by atoms with van der Waals surface area (Å²) in [6.45, 7) is 5.65. The van der Waals surface area contributed by atoms with Crippen LogP contribution in [0.4, 0.5) is 0 Å². The summed E-state index contributed by atoms with van der Waals surface area (Å²) >= 11 is 0. The Morgan fingerprint density at radius 3 is 1.80 bits per heavy atom. The van der Waals surface area contributed by atoms with Crippen molar-refractivity contribution in [1.29, 1.82) is 0 Å². The van der Waals surface area contributed by atoms with E-state index < -0.39 is 11.7 Å². The molecule has 3 heteroatoms. The molecule has 10 heavy (non-hydrogen) atoms. The molecule has 0 fully saturated rings. The average Bonchev–Trinajstić information content (AvgIpc) is 1.60. The normalized spacial score (nSPS) is 11.1. The molecule has 0 aliphatic rings. The molecule has 0 spiro atoms. The lowest BCUT2D eigenvalue weighted by molar-refractivity contribution is -0.137. The zero-order valence-corrected chi connectivity index (χ0v) is 6.60. The molecule has 0 rings (SSSR count). The quantitative estimate of drug-likeness (QED) is 0.571. The van der Waals surface area contributed by atoms with E-state index in [4.69, 9.17) is 5.73 Å². The van der Waals surface area contributed by atoms with E-state index in [9.17, 15) is 9.59 Å². The van der Waals surface area contributed by atoms with Crippen molar-refractivity contribution in [3.8, 4) is 0 Å². The Morgan fingerprint density at radius 1 is 1.30 bits per heavy atom. The number of hydrogen-bond acceptors (Lipinski definition) is 2. The largest absolute Gasteiger partial charge is 0.363 e. The molecule has 0 aromatic heterocycles. The third-order valence-electron chi connectivity index (χ3n) is 0.966. The summed E-state index contributed by atoms with van der Waals surface area (Å²) in [5.41, 5.74) is 4.61. The van der Waals surface area contributed by atoms with Crippen LogP contribution in [0.1, 0.15) is 27.2 Å². The van der Waals surface area contributed by atoms with Gasteiger partial charge in [0.25, 0.3) is 5.91 Å². The Morgan fingerprint density at radius 2 is 1.70 bits per heavy atom. The Bertz CT molecular complexity index is 155. The minimum atomic E-state index is -0.838. The number of primary amides is 1. The van der Waals surface area contributed by atoms with Crippen LogP contribution in [0.5, 0.6) is 0 Å². The van der Waals surface area contributed by atoms with Crippen molar-refractivity contribution in [2.24, 2.45) is 11.1 Å². The van der Waals surface area contributed by atoms with E-state index in [0.29, 0.717) is 0 Å². The van der Waals surface area contributed by atoms with Gasteiger partial charge in [-0.25, -0.2) is 0 Å². The molecular formula is C7H13NO2. The molecule has 2 N–H and O–H groups in total. The SMILES string of the molecule is CC(C)(C)CC(=O)C(N)=O. The van der Waals surface area contributed by atoms with Crippen LogP contribution in [0.25, 0.3) is 0 Å². The summed E-state index contributed by atoms with van der Waals surface area (Å²) in [4.78, 5) is 20.9. The summed E-state index contributed by atoms with van der Waals surface area (Å²) in [7, 11) is 0. The van der Waals surface area contributed by atoms with Gasteiger partial charge in [0.15, 0.2) is 0 Å². The molecule has 0 bridgehead atoms. The molecule has 0 saturated carbocycles. The van der Waals surface area contributed by atoms with Crippen molar-refractivity contribution in [3.63, 3.8) is 0 Å². The second-order valence-corrected chi connectivity index (χ2v) is 3.52. The highest BCUT2D eigenvalue weighted by Crippen LogP contribution is 2.18. The number of hydrogen-bond donors (Lipinski definition) is 1. The van der Waals surface area contributed by atoms with Gasteiger partial charge in [-0.1, -0.05) is 20.8 Å². The van der Waals surface area contributed by atoms with Crippen LogP contribution in [0.15, 0.2) is 0 Å². The van der Waals surface area contributed by atoms with Crippen molar-refractivity contribution in [2.75, 3.05) is 0 Å². The molecule has 0 aliphatic carbocycles. The minimum absolute atomic E-state index is 0.147. The number of amides is 1. The smallest absolute Gasteiger partial charge is 0.284 e. The van der Waals surface area contributed by atoms with Gasteiger partial charge in [-0.2, -0.15) is 0 Å². The van der Waals surface area contributed by atoms with Crippen LogP contribution in [0.3, 0.4) is 0 Å². The maximum atomic E-state index is 10.7. The predicted molar refractivity (Wildman–Crippen MR) is 38.3 cm³/mol. The molecule has 58 valence electrons. The van der Waals surface area contributed by atoms with Gasteiger partial charge in [0.1, 0.15) is 0 Å². The molecule has 0 atom stereocenters. The van der Waals surface area contributed by atoms with Gasteiger partial charge in [-0.05, 0) is 5.41 Å². The zero-order valence-electron chi connectivity index (χ0n) is 6.60. The highest BCUT2D eigenvalue weighted by molar-refractivity contribution is 6.35. The molecule has 3 nitrogen and oxygen atoms in total. The first-order chi connectivity index (χ1) is 4.33. The number of ketones is 1. The van der Waals surface area contributed by atoms with Crippen LogP contribution in [0.2, 0.25) is 0 Å². The Balaban J connectivity index is 3.93. The van der Waals surface area contributed by atoms with Crippen molar-refractivity contribution < 1.29 is 9.59 Å². The average molecular weight is 143 g/mol. The highest BCUT2D eigenvalue weighted by atomic mass is 16.2. The van der Waals surface area contributed by atoms with Gasteiger partial charge in [0.2, 0.25) is 5.78 Å². The molecule has 0 unspecified atom stereocenters. The molecular weight excluding hydrogens is 130 g/mol. The van der Waals surface area contributed by atoms with Gasteiger partial charge in [-0.15, -0.1) is 0 Å². The van der Waals surface area contributed by atoms with Gasteiger partial charge in [0.05, 0.1) is 0 Å². The summed E-state index contributed by atoms with van der Waals surface area (Å²) < 4.78 is 0. The summed E-state index contributed by atoms with van der Waals surface area (Å²) in [5.74, 6) is -1.33. The van der Waals surface area contributed by atoms with Crippen molar-refractivity contribution in [3.05, 3.63) is 0 Å².